The molecule has 0 aliphatic heterocycles. The molecule has 0 bridgehead atoms. The van der Waals surface area contributed by atoms with Crippen LogP contribution in [0.15, 0.2) is 176 Å². The van der Waals surface area contributed by atoms with Crippen molar-refractivity contribution >= 4 is 10.8 Å². The smallest absolute Gasteiger partial charge is 0.160 e. The fourth-order valence-electron chi connectivity index (χ4n) is 6.03. The molecule has 0 aliphatic carbocycles. The lowest BCUT2D eigenvalue weighted by Gasteiger charge is -2.12. The number of nitrogens with zero attached hydrogens (tertiary/aromatic N) is 3. The standard InChI is InChI=1S/C43H29N3/c1-2-10-30(11-3-1)34-14-6-16-36(26-34)41-28-42(37-17-7-15-35(27-37)38-18-9-25-44-29-38)46-43(45-41)33-23-21-32(22-24-33)40-20-8-13-31-12-4-5-19-39(31)40/h1-29H. The van der Waals surface area contributed by atoms with E-state index in [9.17, 15) is 0 Å². The third-order valence-electron chi connectivity index (χ3n) is 8.39. The minimum atomic E-state index is 0.689. The van der Waals surface area contributed by atoms with Crippen LogP contribution in [0.1, 0.15) is 0 Å². The van der Waals surface area contributed by atoms with E-state index in [0.29, 0.717) is 5.82 Å². The second kappa shape index (κ2) is 12.1. The molecule has 8 rings (SSSR count). The predicted molar refractivity (Wildman–Crippen MR) is 190 cm³/mol. The van der Waals surface area contributed by atoms with Crippen molar-refractivity contribution in [3.63, 3.8) is 0 Å². The average molecular weight is 588 g/mol. The summed E-state index contributed by atoms with van der Waals surface area (Å²) in [6, 6.07) is 57.2. The highest BCUT2D eigenvalue weighted by Crippen LogP contribution is 2.34. The highest BCUT2D eigenvalue weighted by molar-refractivity contribution is 5.96. The van der Waals surface area contributed by atoms with Gasteiger partial charge in [0.15, 0.2) is 5.82 Å². The molecular weight excluding hydrogens is 558 g/mol. The normalized spacial score (nSPS) is 11.0. The monoisotopic (exact) mass is 587 g/mol. The Kier molecular flexibility index (Phi) is 7.18. The molecule has 3 nitrogen and oxygen atoms in total. The van der Waals surface area contributed by atoms with Crippen LogP contribution in [0.25, 0.3) is 78.1 Å². The summed E-state index contributed by atoms with van der Waals surface area (Å²) in [7, 11) is 0. The van der Waals surface area contributed by atoms with Gasteiger partial charge in [-0.25, -0.2) is 9.97 Å². The minimum absolute atomic E-state index is 0.689. The fraction of sp³-hybridized carbons (Fsp3) is 0. The van der Waals surface area contributed by atoms with Gasteiger partial charge < -0.3 is 0 Å². The molecule has 2 aromatic heterocycles. The van der Waals surface area contributed by atoms with Gasteiger partial charge in [-0.2, -0.15) is 0 Å². The van der Waals surface area contributed by atoms with Crippen LogP contribution in [0.5, 0.6) is 0 Å². The summed E-state index contributed by atoms with van der Waals surface area (Å²) >= 11 is 0. The Bertz CT molecular complexity index is 2190. The van der Waals surface area contributed by atoms with Crippen molar-refractivity contribution in [2.24, 2.45) is 0 Å². The highest BCUT2D eigenvalue weighted by Gasteiger charge is 2.13. The van der Waals surface area contributed by atoms with Gasteiger partial charge in [-0.1, -0.05) is 140 Å². The van der Waals surface area contributed by atoms with Crippen LogP contribution >= 0.6 is 0 Å². The predicted octanol–water partition coefficient (Wildman–Crippen LogP) is 11.0. The zero-order valence-corrected chi connectivity index (χ0v) is 25.1. The van der Waals surface area contributed by atoms with Crippen molar-refractivity contribution < 1.29 is 0 Å². The molecule has 8 aromatic rings. The van der Waals surface area contributed by atoms with E-state index in [2.05, 4.69) is 157 Å². The summed E-state index contributed by atoms with van der Waals surface area (Å²) < 4.78 is 0. The number of fused-ring (bicyclic) bond motifs is 1. The third kappa shape index (κ3) is 5.47. The number of hydrogen-bond acceptors (Lipinski definition) is 3. The van der Waals surface area contributed by atoms with E-state index in [1.165, 1.54) is 21.9 Å². The van der Waals surface area contributed by atoms with Gasteiger partial charge >= 0.3 is 0 Å². The molecule has 0 saturated carbocycles. The van der Waals surface area contributed by atoms with Gasteiger partial charge in [-0.15, -0.1) is 0 Å². The molecule has 0 aliphatic rings. The van der Waals surface area contributed by atoms with Gasteiger partial charge in [0.2, 0.25) is 0 Å². The van der Waals surface area contributed by atoms with Crippen LogP contribution in [0.3, 0.4) is 0 Å². The first-order valence-electron chi connectivity index (χ1n) is 15.4. The van der Waals surface area contributed by atoms with Crippen LogP contribution in [0.2, 0.25) is 0 Å². The Balaban J connectivity index is 1.25. The lowest BCUT2D eigenvalue weighted by Crippen LogP contribution is -1.96. The lowest BCUT2D eigenvalue weighted by molar-refractivity contribution is 1.18. The molecule has 0 unspecified atom stereocenters. The SMILES string of the molecule is c1ccc(-c2cccc(-c3cc(-c4cccc(-c5cccnc5)c4)nc(-c4ccc(-c5cccc6ccccc56)cc4)n3)c2)cc1. The molecule has 0 amide bonds. The number of pyridine rings is 1. The van der Waals surface area contributed by atoms with E-state index in [1.54, 1.807) is 6.20 Å². The van der Waals surface area contributed by atoms with Gasteiger partial charge in [0, 0.05) is 34.6 Å². The zero-order valence-electron chi connectivity index (χ0n) is 25.1. The lowest BCUT2D eigenvalue weighted by atomic mass is 9.97. The fourth-order valence-corrected chi connectivity index (χ4v) is 6.03. The van der Waals surface area contributed by atoms with Crippen molar-refractivity contribution in [3.8, 4) is 67.3 Å². The summed E-state index contributed by atoms with van der Waals surface area (Å²) in [5.41, 5.74) is 11.6. The number of rotatable bonds is 6. The molecule has 3 heteroatoms. The van der Waals surface area contributed by atoms with E-state index in [4.69, 9.17) is 9.97 Å². The zero-order chi connectivity index (χ0) is 30.7. The average Bonchev–Trinajstić information content (AvgIpc) is 3.15. The van der Waals surface area contributed by atoms with Crippen LogP contribution < -0.4 is 0 Å². The molecule has 0 radical (unpaired) electrons. The Labute approximate surface area is 268 Å². The quantitative estimate of drug-likeness (QED) is 0.194. The molecule has 0 fully saturated rings. The molecule has 0 atom stereocenters. The summed E-state index contributed by atoms with van der Waals surface area (Å²) in [6.45, 7) is 0. The van der Waals surface area contributed by atoms with Gasteiger partial charge in [0.25, 0.3) is 0 Å². The van der Waals surface area contributed by atoms with E-state index < -0.39 is 0 Å². The maximum atomic E-state index is 5.15. The van der Waals surface area contributed by atoms with E-state index in [0.717, 1.165) is 50.3 Å². The maximum Gasteiger partial charge on any atom is 0.160 e. The van der Waals surface area contributed by atoms with Crippen LogP contribution in [-0.2, 0) is 0 Å². The third-order valence-corrected chi connectivity index (χ3v) is 8.39. The van der Waals surface area contributed by atoms with Crippen molar-refractivity contribution in [2.75, 3.05) is 0 Å². The summed E-state index contributed by atoms with van der Waals surface area (Å²) in [4.78, 5) is 14.6. The molecular formula is C43H29N3. The number of benzene rings is 6. The maximum absolute atomic E-state index is 5.15. The van der Waals surface area contributed by atoms with E-state index in [1.807, 2.05) is 18.3 Å². The minimum Gasteiger partial charge on any atom is -0.264 e. The summed E-state index contributed by atoms with van der Waals surface area (Å²) in [6.07, 6.45) is 3.69. The Morgan fingerprint density at radius 3 is 1.63 bits per heavy atom. The van der Waals surface area contributed by atoms with Gasteiger partial charge in [-0.3, -0.25) is 4.98 Å². The molecule has 216 valence electrons. The largest absolute Gasteiger partial charge is 0.264 e. The Morgan fingerprint density at radius 2 is 0.913 bits per heavy atom. The Hall–Kier alpha value is -6.19. The second-order valence-electron chi connectivity index (χ2n) is 11.3. The Morgan fingerprint density at radius 1 is 0.348 bits per heavy atom. The molecule has 6 aromatic carbocycles. The number of aromatic nitrogens is 3. The summed E-state index contributed by atoms with van der Waals surface area (Å²) in [5.74, 6) is 0.689. The molecule has 0 spiro atoms. The molecule has 2 heterocycles. The molecule has 0 saturated heterocycles. The van der Waals surface area contributed by atoms with Crippen molar-refractivity contribution in [1.82, 2.24) is 15.0 Å². The first kappa shape index (κ1) is 27.4. The van der Waals surface area contributed by atoms with Crippen molar-refractivity contribution in [2.45, 2.75) is 0 Å². The van der Waals surface area contributed by atoms with Crippen LogP contribution in [0, 0.1) is 0 Å². The second-order valence-corrected chi connectivity index (χ2v) is 11.3. The van der Waals surface area contributed by atoms with Gasteiger partial charge in [-0.05, 0) is 62.9 Å². The van der Waals surface area contributed by atoms with Crippen LogP contribution in [-0.4, -0.2) is 15.0 Å². The van der Waals surface area contributed by atoms with E-state index in [-0.39, 0.29) is 0 Å². The summed E-state index contributed by atoms with van der Waals surface area (Å²) in [5, 5.41) is 2.47. The van der Waals surface area contributed by atoms with Gasteiger partial charge in [0.05, 0.1) is 11.4 Å². The first-order chi connectivity index (χ1) is 22.8. The first-order valence-corrected chi connectivity index (χ1v) is 15.4. The molecule has 0 N–H and O–H groups in total. The van der Waals surface area contributed by atoms with Crippen molar-refractivity contribution in [1.29, 1.82) is 0 Å². The van der Waals surface area contributed by atoms with Crippen molar-refractivity contribution in [3.05, 3.63) is 176 Å². The van der Waals surface area contributed by atoms with Crippen LogP contribution in [0.4, 0.5) is 0 Å². The molecule has 46 heavy (non-hydrogen) atoms. The van der Waals surface area contributed by atoms with Gasteiger partial charge in [0.1, 0.15) is 0 Å². The topological polar surface area (TPSA) is 38.7 Å². The highest BCUT2D eigenvalue weighted by atomic mass is 14.9. The number of hydrogen-bond donors (Lipinski definition) is 0. The van der Waals surface area contributed by atoms with E-state index >= 15 is 0 Å².